The molecular formula is C12H24N4O7. The zero-order chi connectivity index (χ0) is 17.6. The Balaban J connectivity index is 2.36. The highest BCUT2D eigenvalue weighted by atomic mass is 16.6. The van der Waals surface area contributed by atoms with E-state index in [9.17, 15) is 25.2 Å². The molecule has 0 saturated carbocycles. The largest absolute Gasteiger partial charge is 0.462 e. The van der Waals surface area contributed by atoms with E-state index in [-0.39, 0.29) is 12.4 Å². The summed E-state index contributed by atoms with van der Waals surface area (Å²) < 4.78 is 9.75. The fourth-order valence-corrected chi connectivity index (χ4v) is 1.98. The maximum Gasteiger partial charge on any atom is 0.323 e. The smallest absolute Gasteiger partial charge is 0.323 e. The standard InChI is InChI=1S/C12H24N4O7/c13-5(2-1-3-16-12(14)15)10(20)22-4-6-7(17)8(18)9(19)11(21)23-6/h5-9,11,17-19,21H,1-4,13H2,(H4,14,15,16)/t5-,6+,7-,8-,9+,11?/m0/s1. The molecule has 0 aromatic rings. The molecule has 10 N–H and O–H groups in total. The summed E-state index contributed by atoms with van der Waals surface area (Å²) in [5, 5.41) is 37.9. The van der Waals surface area contributed by atoms with Gasteiger partial charge in [-0.25, -0.2) is 0 Å². The first-order valence-corrected chi connectivity index (χ1v) is 7.09. The van der Waals surface area contributed by atoms with Crippen LogP contribution in [0, 0.1) is 0 Å². The van der Waals surface area contributed by atoms with Gasteiger partial charge in [0.25, 0.3) is 0 Å². The van der Waals surface area contributed by atoms with Crippen molar-refractivity contribution in [2.45, 2.75) is 49.6 Å². The van der Waals surface area contributed by atoms with Crippen LogP contribution in [0.25, 0.3) is 0 Å². The fourth-order valence-electron chi connectivity index (χ4n) is 1.98. The number of nitrogens with zero attached hydrogens (tertiary/aromatic N) is 1. The van der Waals surface area contributed by atoms with Gasteiger partial charge in [0.05, 0.1) is 0 Å². The van der Waals surface area contributed by atoms with Gasteiger partial charge in [0.2, 0.25) is 0 Å². The van der Waals surface area contributed by atoms with Crippen molar-refractivity contribution < 1.29 is 34.7 Å². The van der Waals surface area contributed by atoms with Gasteiger partial charge in [-0.3, -0.25) is 9.79 Å². The number of carbonyl (C=O) groups excluding carboxylic acids is 1. The average molecular weight is 336 g/mol. The number of hydrogen-bond acceptors (Lipinski definition) is 9. The molecule has 0 aromatic heterocycles. The number of hydrogen-bond donors (Lipinski definition) is 7. The Morgan fingerprint density at radius 3 is 2.43 bits per heavy atom. The summed E-state index contributed by atoms with van der Waals surface area (Å²) in [6.07, 6.45) is -6.88. The van der Waals surface area contributed by atoms with Crippen molar-refractivity contribution in [2.75, 3.05) is 13.2 Å². The van der Waals surface area contributed by atoms with Crippen LogP contribution >= 0.6 is 0 Å². The number of ether oxygens (including phenoxy) is 2. The zero-order valence-corrected chi connectivity index (χ0v) is 12.5. The van der Waals surface area contributed by atoms with Gasteiger partial charge in [0.1, 0.15) is 37.1 Å². The Bertz CT molecular complexity index is 418. The summed E-state index contributed by atoms with van der Waals surface area (Å²) >= 11 is 0. The molecular weight excluding hydrogens is 312 g/mol. The van der Waals surface area contributed by atoms with Gasteiger partial charge in [0.15, 0.2) is 12.2 Å². The van der Waals surface area contributed by atoms with E-state index in [0.717, 1.165) is 0 Å². The van der Waals surface area contributed by atoms with Crippen LogP contribution < -0.4 is 17.2 Å². The Morgan fingerprint density at radius 1 is 1.17 bits per heavy atom. The van der Waals surface area contributed by atoms with Crippen molar-refractivity contribution in [1.29, 1.82) is 0 Å². The van der Waals surface area contributed by atoms with E-state index in [2.05, 4.69) is 4.99 Å². The molecule has 1 aliphatic heterocycles. The number of guanidine groups is 1. The van der Waals surface area contributed by atoms with Crippen molar-refractivity contribution in [3.8, 4) is 0 Å². The van der Waals surface area contributed by atoms with Gasteiger partial charge in [0, 0.05) is 6.54 Å². The highest BCUT2D eigenvalue weighted by molar-refractivity contribution is 5.76. The monoisotopic (exact) mass is 336 g/mol. The number of aliphatic hydroxyl groups is 4. The average Bonchev–Trinajstić information content (AvgIpc) is 2.50. The summed E-state index contributed by atoms with van der Waals surface area (Å²) in [6.45, 7) is -0.105. The van der Waals surface area contributed by atoms with Crippen LogP contribution in [0.5, 0.6) is 0 Å². The first-order valence-electron chi connectivity index (χ1n) is 7.09. The normalized spacial score (nSPS) is 32.1. The lowest BCUT2D eigenvalue weighted by Gasteiger charge is -2.37. The molecule has 23 heavy (non-hydrogen) atoms. The predicted molar refractivity (Wildman–Crippen MR) is 77.7 cm³/mol. The molecule has 0 amide bonds. The number of aliphatic hydroxyl groups excluding tert-OH is 4. The van der Waals surface area contributed by atoms with Gasteiger partial charge < -0.3 is 47.1 Å². The van der Waals surface area contributed by atoms with Gasteiger partial charge in [-0.15, -0.1) is 0 Å². The Labute approximate surface area is 132 Å². The molecule has 0 bridgehead atoms. The molecule has 6 atom stereocenters. The number of rotatable bonds is 7. The summed E-state index contributed by atoms with van der Waals surface area (Å²) in [5.41, 5.74) is 15.9. The topological polar surface area (TPSA) is 207 Å². The Kier molecular flexibility index (Phi) is 7.61. The molecule has 134 valence electrons. The maximum atomic E-state index is 11.7. The van der Waals surface area contributed by atoms with Gasteiger partial charge in [-0.1, -0.05) is 0 Å². The number of carbonyl (C=O) groups is 1. The van der Waals surface area contributed by atoms with E-state index in [4.69, 9.17) is 26.7 Å². The third-order valence-electron chi connectivity index (χ3n) is 3.35. The molecule has 1 unspecified atom stereocenters. The second-order valence-corrected chi connectivity index (χ2v) is 5.22. The first kappa shape index (κ1) is 19.5. The maximum absolute atomic E-state index is 11.7. The molecule has 1 heterocycles. The van der Waals surface area contributed by atoms with Crippen LogP contribution in [0.2, 0.25) is 0 Å². The van der Waals surface area contributed by atoms with Crippen molar-refractivity contribution in [1.82, 2.24) is 0 Å². The minimum Gasteiger partial charge on any atom is -0.462 e. The first-order chi connectivity index (χ1) is 10.7. The molecule has 0 radical (unpaired) electrons. The van der Waals surface area contributed by atoms with Crippen LogP contribution in [0.4, 0.5) is 0 Å². The molecule has 1 rings (SSSR count). The highest BCUT2D eigenvalue weighted by Crippen LogP contribution is 2.20. The van der Waals surface area contributed by atoms with Crippen LogP contribution in [0.3, 0.4) is 0 Å². The van der Waals surface area contributed by atoms with Crippen LogP contribution in [-0.4, -0.2) is 82.3 Å². The number of aliphatic imine (C=N–C) groups is 1. The SMILES string of the molecule is NC(N)=NCCC[C@H](N)C(=O)OC[C@H]1OC(O)[C@H](O)[C@@H](O)[C@H]1O. The molecule has 0 spiro atoms. The molecule has 1 aliphatic rings. The zero-order valence-electron chi connectivity index (χ0n) is 12.5. The van der Waals surface area contributed by atoms with Gasteiger partial charge in [-0.05, 0) is 12.8 Å². The summed E-state index contributed by atoms with van der Waals surface area (Å²) in [4.78, 5) is 15.4. The minimum absolute atomic E-state index is 0.0520. The third kappa shape index (κ3) is 5.89. The second kappa shape index (κ2) is 8.96. The molecule has 11 heteroatoms. The summed E-state index contributed by atoms with van der Waals surface area (Å²) in [7, 11) is 0. The van der Waals surface area contributed by atoms with Gasteiger partial charge >= 0.3 is 5.97 Å². The quantitative estimate of drug-likeness (QED) is 0.103. The van der Waals surface area contributed by atoms with E-state index >= 15 is 0 Å². The predicted octanol–water partition coefficient (Wildman–Crippen LogP) is -4.29. The molecule has 11 nitrogen and oxygen atoms in total. The van der Waals surface area contributed by atoms with E-state index < -0.39 is 49.3 Å². The minimum atomic E-state index is -1.69. The van der Waals surface area contributed by atoms with Gasteiger partial charge in [-0.2, -0.15) is 0 Å². The van der Waals surface area contributed by atoms with Crippen molar-refractivity contribution in [3.05, 3.63) is 0 Å². The molecule has 0 aromatic carbocycles. The van der Waals surface area contributed by atoms with Crippen LogP contribution in [0.15, 0.2) is 4.99 Å². The second-order valence-electron chi connectivity index (χ2n) is 5.22. The number of esters is 1. The van der Waals surface area contributed by atoms with Crippen molar-refractivity contribution >= 4 is 11.9 Å². The Hall–Kier alpha value is -1.50. The van der Waals surface area contributed by atoms with E-state index in [1.54, 1.807) is 0 Å². The molecule has 1 saturated heterocycles. The van der Waals surface area contributed by atoms with Crippen LogP contribution in [-0.2, 0) is 14.3 Å². The molecule has 1 fully saturated rings. The lowest BCUT2D eigenvalue weighted by molar-refractivity contribution is -0.287. The van der Waals surface area contributed by atoms with E-state index in [1.165, 1.54) is 0 Å². The van der Waals surface area contributed by atoms with E-state index in [0.29, 0.717) is 13.0 Å². The number of nitrogens with two attached hydrogens (primary N) is 3. The van der Waals surface area contributed by atoms with Crippen molar-refractivity contribution in [2.24, 2.45) is 22.2 Å². The van der Waals surface area contributed by atoms with Crippen molar-refractivity contribution in [3.63, 3.8) is 0 Å². The van der Waals surface area contributed by atoms with E-state index in [1.807, 2.05) is 0 Å². The summed E-state index contributed by atoms with van der Waals surface area (Å²) in [6, 6.07) is -0.912. The summed E-state index contributed by atoms with van der Waals surface area (Å²) in [5.74, 6) is -0.788. The highest BCUT2D eigenvalue weighted by Gasteiger charge is 2.43. The van der Waals surface area contributed by atoms with Crippen LogP contribution in [0.1, 0.15) is 12.8 Å². The third-order valence-corrected chi connectivity index (χ3v) is 3.35. The molecule has 0 aliphatic carbocycles. The fraction of sp³-hybridized carbons (Fsp3) is 0.833. The lowest BCUT2D eigenvalue weighted by atomic mass is 9.99. The Morgan fingerprint density at radius 2 is 1.83 bits per heavy atom. The lowest BCUT2D eigenvalue weighted by Crippen LogP contribution is -2.58.